The number of pyridine rings is 1. The molecule has 3 aromatic heterocycles. The van der Waals surface area contributed by atoms with E-state index in [2.05, 4.69) is 44.2 Å². The Bertz CT molecular complexity index is 921. The van der Waals surface area contributed by atoms with Gasteiger partial charge in [-0.05, 0) is 57.3 Å². The Morgan fingerprint density at radius 2 is 1.93 bits per heavy atom. The fourth-order valence-electron chi connectivity index (χ4n) is 3.62. The van der Waals surface area contributed by atoms with Crippen molar-refractivity contribution >= 4 is 22.3 Å². The molecule has 8 heteroatoms. The second kappa shape index (κ2) is 9.28. The molecule has 0 aromatic carbocycles. The zero-order valence-electron chi connectivity index (χ0n) is 16.8. The van der Waals surface area contributed by atoms with Crippen molar-refractivity contribution in [2.24, 2.45) is 5.92 Å². The lowest BCUT2D eigenvalue weighted by Crippen LogP contribution is -2.34. The predicted octanol–water partition coefficient (Wildman–Crippen LogP) is 3.84. The van der Waals surface area contributed by atoms with Gasteiger partial charge in [-0.2, -0.15) is 0 Å². The van der Waals surface area contributed by atoms with Crippen molar-refractivity contribution in [1.29, 1.82) is 0 Å². The molecule has 1 aliphatic heterocycles. The summed E-state index contributed by atoms with van der Waals surface area (Å²) in [6.45, 7) is 5.13. The third-order valence-electron chi connectivity index (χ3n) is 5.14. The lowest BCUT2D eigenvalue weighted by molar-refractivity contribution is 0.176. The number of hydrogen-bond acceptors (Lipinski definition) is 8. The molecule has 0 aliphatic carbocycles. The van der Waals surface area contributed by atoms with Crippen LogP contribution < -0.4 is 10.1 Å². The van der Waals surface area contributed by atoms with Crippen molar-refractivity contribution in [2.75, 3.05) is 25.5 Å². The minimum Gasteiger partial charge on any atom is -0.467 e. The fourth-order valence-corrected chi connectivity index (χ4v) is 4.29. The number of rotatable bonds is 7. The maximum atomic E-state index is 5.02. The van der Waals surface area contributed by atoms with Crippen LogP contribution in [0.4, 0.5) is 10.9 Å². The molecule has 0 spiro atoms. The van der Waals surface area contributed by atoms with Gasteiger partial charge in [-0.15, -0.1) is 11.3 Å². The van der Waals surface area contributed by atoms with Gasteiger partial charge >= 0.3 is 6.01 Å². The van der Waals surface area contributed by atoms with Gasteiger partial charge in [0.2, 0.25) is 0 Å². The molecule has 1 saturated heterocycles. The zero-order valence-corrected chi connectivity index (χ0v) is 17.7. The van der Waals surface area contributed by atoms with Crippen LogP contribution >= 0.6 is 11.3 Å². The van der Waals surface area contributed by atoms with Crippen molar-refractivity contribution in [3.8, 4) is 6.01 Å². The summed E-state index contributed by atoms with van der Waals surface area (Å²) in [5.74, 6) is 1.54. The zero-order chi connectivity index (χ0) is 20.1. The number of likely N-dealkylation sites (tertiary alicyclic amines) is 1. The highest BCUT2D eigenvalue weighted by Crippen LogP contribution is 2.24. The van der Waals surface area contributed by atoms with E-state index in [0.717, 1.165) is 48.3 Å². The first-order valence-corrected chi connectivity index (χ1v) is 10.7. The molecule has 152 valence electrons. The summed E-state index contributed by atoms with van der Waals surface area (Å²) in [6.07, 6.45) is 8.97. The highest BCUT2D eigenvalue weighted by molar-refractivity contribution is 7.15. The Hall–Kier alpha value is -2.58. The Kier molecular flexibility index (Phi) is 6.31. The number of aryl methyl sites for hydroxylation is 1. The summed E-state index contributed by atoms with van der Waals surface area (Å²) in [7, 11) is 1.58. The fraction of sp³-hybridized carbons (Fsp3) is 0.429. The number of aromatic nitrogens is 4. The van der Waals surface area contributed by atoms with Gasteiger partial charge in [0.1, 0.15) is 5.82 Å². The molecule has 0 saturated carbocycles. The molecule has 7 nitrogen and oxygen atoms in total. The van der Waals surface area contributed by atoms with Crippen molar-refractivity contribution in [3.05, 3.63) is 52.9 Å². The van der Waals surface area contributed by atoms with Crippen molar-refractivity contribution in [1.82, 2.24) is 24.8 Å². The molecular weight excluding hydrogens is 384 g/mol. The molecular formula is C21H26N6OS. The predicted molar refractivity (Wildman–Crippen MR) is 115 cm³/mol. The van der Waals surface area contributed by atoms with E-state index in [1.54, 1.807) is 18.4 Å². The summed E-state index contributed by atoms with van der Waals surface area (Å²) >= 11 is 1.64. The highest BCUT2D eigenvalue weighted by atomic mass is 32.1. The van der Waals surface area contributed by atoms with E-state index in [0.29, 0.717) is 11.9 Å². The molecule has 1 aliphatic rings. The summed E-state index contributed by atoms with van der Waals surface area (Å²) in [6, 6.07) is 6.62. The van der Waals surface area contributed by atoms with Crippen LogP contribution in [0.1, 0.15) is 29.0 Å². The number of nitrogens with zero attached hydrogens (tertiary/aromatic N) is 5. The number of piperidine rings is 1. The SMILES string of the molecule is COc1ncc(CN2CCC(Cc3cccc(Nc4ncc(C)s4)n3)CC2)cn1. The van der Waals surface area contributed by atoms with Crippen LogP contribution in [0.25, 0.3) is 0 Å². The third kappa shape index (κ3) is 5.48. The molecule has 29 heavy (non-hydrogen) atoms. The highest BCUT2D eigenvalue weighted by Gasteiger charge is 2.20. The van der Waals surface area contributed by atoms with Crippen molar-refractivity contribution < 1.29 is 4.74 Å². The number of anilines is 2. The number of ether oxygens (including phenoxy) is 1. The molecule has 0 amide bonds. The molecule has 3 aromatic rings. The van der Waals surface area contributed by atoms with E-state index in [1.165, 1.54) is 17.7 Å². The van der Waals surface area contributed by atoms with E-state index in [4.69, 9.17) is 9.72 Å². The maximum absolute atomic E-state index is 5.02. The molecule has 1 N–H and O–H groups in total. The average Bonchev–Trinajstić information content (AvgIpc) is 3.15. The average molecular weight is 411 g/mol. The van der Waals surface area contributed by atoms with E-state index >= 15 is 0 Å². The summed E-state index contributed by atoms with van der Waals surface area (Å²) in [5, 5.41) is 4.20. The summed E-state index contributed by atoms with van der Waals surface area (Å²) in [4.78, 5) is 21.2. The molecule has 0 bridgehead atoms. The molecule has 1 fully saturated rings. The Morgan fingerprint density at radius 1 is 1.14 bits per heavy atom. The monoisotopic (exact) mass is 410 g/mol. The van der Waals surface area contributed by atoms with Crippen molar-refractivity contribution in [2.45, 2.75) is 32.7 Å². The van der Waals surface area contributed by atoms with E-state index in [9.17, 15) is 0 Å². The smallest absolute Gasteiger partial charge is 0.316 e. The standard InChI is InChI=1S/C21H26N6OS/c1-15-11-24-21(29-15)26-19-5-3-4-18(25-19)10-16-6-8-27(9-7-16)14-17-12-22-20(28-2)23-13-17/h3-5,11-13,16H,6-10,14H2,1-2H3,(H,24,25,26). The lowest BCUT2D eigenvalue weighted by Gasteiger charge is -2.31. The minimum absolute atomic E-state index is 0.418. The molecule has 4 heterocycles. The van der Waals surface area contributed by atoms with Crippen LogP contribution in [-0.2, 0) is 13.0 Å². The van der Waals surface area contributed by atoms with Crippen LogP contribution in [0.2, 0.25) is 0 Å². The van der Waals surface area contributed by atoms with E-state index in [1.807, 2.05) is 24.7 Å². The van der Waals surface area contributed by atoms with Crippen molar-refractivity contribution in [3.63, 3.8) is 0 Å². The molecule has 0 radical (unpaired) electrons. The van der Waals surface area contributed by atoms with Gasteiger partial charge in [0.25, 0.3) is 0 Å². The Labute approximate surface area is 175 Å². The van der Waals surface area contributed by atoms with Gasteiger partial charge in [0.05, 0.1) is 7.11 Å². The first kappa shape index (κ1) is 19.7. The number of thiazole rings is 1. The minimum atomic E-state index is 0.418. The normalized spacial score (nSPS) is 15.4. The van der Waals surface area contributed by atoms with E-state index < -0.39 is 0 Å². The quantitative estimate of drug-likeness (QED) is 0.634. The summed E-state index contributed by atoms with van der Waals surface area (Å²) in [5.41, 5.74) is 2.27. The first-order chi connectivity index (χ1) is 14.2. The second-order valence-corrected chi connectivity index (χ2v) is 8.65. The number of nitrogens with one attached hydrogen (secondary N) is 1. The van der Waals surface area contributed by atoms with Crippen LogP contribution in [0.5, 0.6) is 6.01 Å². The Morgan fingerprint density at radius 3 is 2.62 bits per heavy atom. The van der Waals surface area contributed by atoms with Gasteiger partial charge in [-0.25, -0.2) is 19.9 Å². The first-order valence-electron chi connectivity index (χ1n) is 9.90. The topological polar surface area (TPSA) is 76.1 Å². The molecule has 0 unspecified atom stereocenters. The van der Waals surface area contributed by atoms with Crippen LogP contribution in [0.3, 0.4) is 0 Å². The van der Waals surface area contributed by atoms with Crippen LogP contribution in [0, 0.1) is 12.8 Å². The van der Waals surface area contributed by atoms with Gasteiger partial charge in [0, 0.05) is 41.3 Å². The van der Waals surface area contributed by atoms with E-state index in [-0.39, 0.29) is 0 Å². The largest absolute Gasteiger partial charge is 0.467 e. The maximum Gasteiger partial charge on any atom is 0.316 e. The van der Waals surface area contributed by atoms with Crippen LogP contribution in [0.15, 0.2) is 36.8 Å². The van der Waals surface area contributed by atoms with Crippen LogP contribution in [-0.4, -0.2) is 45.0 Å². The van der Waals surface area contributed by atoms with Gasteiger partial charge < -0.3 is 10.1 Å². The van der Waals surface area contributed by atoms with Gasteiger partial charge in [0.15, 0.2) is 5.13 Å². The third-order valence-corrected chi connectivity index (χ3v) is 5.97. The second-order valence-electron chi connectivity index (χ2n) is 7.42. The Balaban J connectivity index is 1.27. The molecule has 4 rings (SSSR count). The lowest BCUT2D eigenvalue weighted by atomic mass is 9.92. The summed E-state index contributed by atoms with van der Waals surface area (Å²) < 4.78 is 5.02. The molecule has 0 atom stereocenters. The number of methoxy groups -OCH3 is 1. The number of hydrogen-bond donors (Lipinski definition) is 1. The van der Waals surface area contributed by atoms with Gasteiger partial charge in [-0.3, -0.25) is 4.90 Å². The van der Waals surface area contributed by atoms with Gasteiger partial charge in [-0.1, -0.05) is 6.07 Å².